The lowest BCUT2D eigenvalue weighted by Crippen LogP contribution is -2.42. The maximum absolute atomic E-state index is 12.9. The van der Waals surface area contributed by atoms with Gasteiger partial charge in [-0.1, -0.05) is 13.8 Å². The molecule has 1 unspecified atom stereocenters. The fourth-order valence-electron chi connectivity index (χ4n) is 2.21. The third-order valence-corrected chi connectivity index (χ3v) is 3.67. The van der Waals surface area contributed by atoms with Crippen LogP contribution in [0.4, 0.5) is 8.78 Å². The van der Waals surface area contributed by atoms with E-state index in [2.05, 4.69) is 15.4 Å². The Balaban J connectivity index is 2.33. The van der Waals surface area contributed by atoms with Gasteiger partial charge in [0.05, 0.1) is 12.6 Å². The van der Waals surface area contributed by atoms with Gasteiger partial charge >= 0.3 is 6.55 Å². The van der Waals surface area contributed by atoms with Gasteiger partial charge in [-0.2, -0.15) is 18.6 Å². The Bertz CT molecular complexity index is 680. The first-order valence-corrected chi connectivity index (χ1v) is 6.98. The molecule has 1 atom stereocenters. The molecule has 23 heavy (non-hydrogen) atoms. The predicted octanol–water partition coefficient (Wildman–Crippen LogP) is 1.50. The first-order valence-electron chi connectivity index (χ1n) is 6.98. The van der Waals surface area contributed by atoms with Gasteiger partial charge in [0, 0.05) is 31.1 Å². The summed E-state index contributed by atoms with van der Waals surface area (Å²) >= 11 is 0. The number of alkyl halides is 2. The molecule has 0 saturated heterocycles. The van der Waals surface area contributed by atoms with Crippen molar-refractivity contribution in [2.45, 2.75) is 26.4 Å². The maximum atomic E-state index is 12.9. The van der Waals surface area contributed by atoms with Crippen LogP contribution >= 0.6 is 0 Å². The van der Waals surface area contributed by atoms with E-state index in [-0.39, 0.29) is 12.3 Å². The lowest BCUT2D eigenvalue weighted by molar-refractivity contribution is 0.0490. The number of aliphatic hydroxyl groups is 1. The highest BCUT2D eigenvalue weighted by Crippen LogP contribution is 2.32. The smallest absolute Gasteiger partial charge is 0.333 e. The van der Waals surface area contributed by atoms with Crippen LogP contribution in [0, 0.1) is 5.41 Å². The molecule has 0 spiro atoms. The number of imidazole rings is 1. The number of aliphatic hydroxyl groups excluding tert-OH is 1. The Morgan fingerprint density at radius 3 is 2.65 bits per heavy atom. The fraction of sp³-hybridized carbons (Fsp3) is 0.500. The predicted molar refractivity (Wildman–Crippen MR) is 77.8 cm³/mol. The molecule has 0 aliphatic rings. The minimum absolute atomic E-state index is 0.223. The van der Waals surface area contributed by atoms with E-state index in [0.29, 0.717) is 10.5 Å². The van der Waals surface area contributed by atoms with Crippen LogP contribution < -0.4 is 5.32 Å². The molecule has 1 amide bonds. The summed E-state index contributed by atoms with van der Waals surface area (Å²) in [4.78, 5) is 16.6. The second-order valence-corrected chi connectivity index (χ2v) is 5.89. The summed E-state index contributed by atoms with van der Waals surface area (Å²) in [5, 5.41) is 15.7. The summed E-state index contributed by atoms with van der Waals surface area (Å²) in [6, 6.07) is 0.546. The van der Waals surface area contributed by atoms with Gasteiger partial charge < -0.3 is 15.0 Å². The van der Waals surface area contributed by atoms with Crippen LogP contribution in [0.2, 0.25) is 0 Å². The molecule has 0 bridgehead atoms. The maximum Gasteiger partial charge on any atom is 0.333 e. The van der Waals surface area contributed by atoms with Gasteiger partial charge in [0.15, 0.2) is 0 Å². The Labute approximate surface area is 131 Å². The number of carbonyl (C=O) groups is 1. The molecular formula is C14H19F2N5O2. The normalized spacial score (nSPS) is 13.3. The van der Waals surface area contributed by atoms with E-state index in [1.54, 1.807) is 37.9 Å². The number of nitrogens with zero attached hydrogens (tertiary/aromatic N) is 4. The second kappa shape index (κ2) is 6.45. The summed E-state index contributed by atoms with van der Waals surface area (Å²) in [6.07, 6.45) is 4.39. The Morgan fingerprint density at radius 2 is 2.13 bits per heavy atom. The number of hydrogen-bond acceptors (Lipinski definition) is 4. The molecule has 7 nitrogen and oxygen atoms in total. The van der Waals surface area contributed by atoms with Crippen molar-refractivity contribution in [3.63, 3.8) is 0 Å². The third kappa shape index (κ3) is 3.39. The monoisotopic (exact) mass is 327 g/mol. The van der Waals surface area contributed by atoms with Crippen molar-refractivity contribution in [1.82, 2.24) is 24.6 Å². The Morgan fingerprint density at radius 1 is 1.43 bits per heavy atom. The second-order valence-electron chi connectivity index (χ2n) is 5.89. The van der Waals surface area contributed by atoms with Crippen LogP contribution in [-0.4, -0.2) is 37.0 Å². The largest absolute Gasteiger partial charge is 0.396 e. The number of amides is 1. The number of carbonyl (C=O) groups excluding carboxylic acids is 1. The first kappa shape index (κ1) is 17.1. The van der Waals surface area contributed by atoms with E-state index in [9.17, 15) is 18.7 Å². The average Bonchev–Trinajstić information content (AvgIpc) is 3.13. The molecule has 2 heterocycles. The SMILES string of the molecule is Cn1ccnc1C(NC(=O)c1ccnn1C(F)F)C(C)(C)CO. The molecule has 0 fully saturated rings. The molecule has 9 heteroatoms. The number of halogens is 2. The van der Waals surface area contributed by atoms with Crippen molar-refractivity contribution < 1.29 is 18.7 Å². The van der Waals surface area contributed by atoms with Crippen molar-refractivity contribution in [2.24, 2.45) is 12.5 Å². The van der Waals surface area contributed by atoms with Crippen molar-refractivity contribution in [3.8, 4) is 0 Å². The molecular weight excluding hydrogens is 308 g/mol. The van der Waals surface area contributed by atoms with Crippen molar-refractivity contribution in [2.75, 3.05) is 6.61 Å². The highest BCUT2D eigenvalue weighted by Gasteiger charge is 2.35. The van der Waals surface area contributed by atoms with Crippen LogP contribution in [0.1, 0.15) is 42.8 Å². The molecule has 0 radical (unpaired) electrons. The fourth-order valence-corrected chi connectivity index (χ4v) is 2.21. The summed E-state index contributed by atoms with van der Waals surface area (Å²) in [5.74, 6) is -0.196. The van der Waals surface area contributed by atoms with Gasteiger partial charge in [0.2, 0.25) is 0 Å². The highest BCUT2D eigenvalue weighted by molar-refractivity contribution is 5.92. The number of hydrogen-bond donors (Lipinski definition) is 2. The zero-order valence-electron chi connectivity index (χ0n) is 13.1. The van der Waals surface area contributed by atoms with Gasteiger partial charge in [-0.3, -0.25) is 4.79 Å². The summed E-state index contributed by atoms with van der Waals surface area (Å²) in [7, 11) is 1.75. The molecule has 2 aromatic heterocycles. The zero-order valence-corrected chi connectivity index (χ0v) is 13.1. The number of aryl methyl sites for hydroxylation is 1. The van der Waals surface area contributed by atoms with E-state index < -0.39 is 23.9 Å². The van der Waals surface area contributed by atoms with E-state index in [0.717, 1.165) is 6.20 Å². The minimum atomic E-state index is -2.91. The molecule has 0 saturated carbocycles. The van der Waals surface area contributed by atoms with Gasteiger partial charge in [0.25, 0.3) is 5.91 Å². The lowest BCUT2D eigenvalue weighted by Gasteiger charge is -2.32. The standard InChI is InChI=1S/C14H19F2N5O2/c1-14(2,8-22)10(11-17-6-7-20(11)3)19-12(23)9-4-5-18-21(9)13(15)16/h4-7,10,13,22H,8H2,1-3H3,(H,19,23). The molecule has 0 aromatic carbocycles. The molecule has 0 aliphatic heterocycles. The van der Waals surface area contributed by atoms with Gasteiger partial charge in [0.1, 0.15) is 11.5 Å². The van der Waals surface area contributed by atoms with E-state index >= 15 is 0 Å². The van der Waals surface area contributed by atoms with Crippen molar-refractivity contribution in [1.29, 1.82) is 0 Å². The molecule has 0 aliphatic carbocycles. The van der Waals surface area contributed by atoms with Crippen LogP contribution in [0.3, 0.4) is 0 Å². The van der Waals surface area contributed by atoms with Gasteiger partial charge in [-0.05, 0) is 6.07 Å². The van der Waals surface area contributed by atoms with Crippen LogP contribution in [-0.2, 0) is 7.05 Å². The molecule has 2 aromatic rings. The highest BCUT2D eigenvalue weighted by atomic mass is 19.3. The Hall–Kier alpha value is -2.29. The van der Waals surface area contributed by atoms with Gasteiger partial charge in [-0.15, -0.1) is 0 Å². The summed E-state index contributed by atoms with van der Waals surface area (Å²) in [5.41, 5.74) is -1.00. The molecule has 126 valence electrons. The van der Waals surface area contributed by atoms with Crippen LogP contribution in [0.25, 0.3) is 0 Å². The van der Waals surface area contributed by atoms with E-state index in [1.807, 2.05) is 0 Å². The van der Waals surface area contributed by atoms with Crippen molar-refractivity contribution >= 4 is 5.91 Å². The number of nitrogens with one attached hydrogen (secondary N) is 1. The topological polar surface area (TPSA) is 85.0 Å². The third-order valence-electron chi connectivity index (χ3n) is 3.67. The van der Waals surface area contributed by atoms with Crippen LogP contribution in [0.5, 0.6) is 0 Å². The average molecular weight is 327 g/mol. The first-order chi connectivity index (χ1) is 10.8. The number of rotatable bonds is 6. The molecule has 2 N–H and O–H groups in total. The summed E-state index contributed by atoms with van der Waals surface area (Å²) in [6.45, 7) is 0.357. The summed E-state index contributed by atoms with van der Waals surface area (Å²) < 4.78 is 27.8. The number of aromatic nitrogens is 4. The van der Waals surface area contributed by atoms with E-state index in [1.165, 1.54) is 6.07 Å². The lowest BCUT2D eigenvalue weighted by atomic mass is 9.84. The minimum Gasteiger partial charge on any atom is -0.396 e. The van der Waals surface area contributed by atoms with Crippen molar-refractivity contribution in [3.05, 3.63) is 36.2 Å². The zero-order chi connectivity index (χ0) is 17.2. The molecule has 2 rings (SSSR count). The van der Waals surface area contributed by atoms with Gasteiger partial charge in [-0.25, -0.2) is 4.98 Å². The van der Waals surface area contributed by atoms with Crippen LogP contribution in [0.15, 0.2) is 24.7 Å². The van der Waals surface area contributed by atoms with E-state index in [4.69, 9.17) is 0 Å². The quantitative estimate of drug-likeness (QED) is 0.842. The Kier molecular flexibility index (Phi) is 4.79.